The molecule has 1 fully saturated rings. The number of nitrogens with zero attached hydrogens (tertiary/aromatic N) is 2. The highest BCUT2D eigenvalue weighted by Crippen LogP contribution is 2.22. The van der Waals surface area contributed by atoms with Crippen LogP contribution < -0.4 is 4.90 Å². The molecule has 3 nitrogen and oxygen atoms in total. The predicted molar refractivity (Wildman–Crippen MR) is 66.1 cm³/mol. The predicted octanol–water partition coefficient (Wildman–Crippen LogP) is 1.78. The highest BCUT2D eigenvalue weighted by Gasteiger charge is 2.22. The van der Waals surface area contributed by atoms with Crippen molar-refractivity contribution in [1.82, 2.24) is 4.90 Å². The van der Waals surface area contributed by atoms with Crippen LogP contribution >= 0.6 is 0 Å². The van der Waals surface area contributed by atoms with Gasteiger partial charge in [0.2, 0.25) is 0 Å². The Labute approximate surface area is 101 Å². The van der Waals surface area contributed by atoms with E-state index in [0.717, 1.165) is 19.6 Å². The molecular formula is C13H17FN2O. The number of benzene rings is 1. The molecule has 0 spiro atoms. The molecule has 1 atom stereocenters. The zero-order valence-electron chi connectivity index (χ0n) is 10.2. The van der Waals surface area contributed by atoms with Gasteiger partial charge in [-0.1, -0.05) is 0 Å². The smallest absolute Gasteiger partial charge is 0.150 e. The molecule has 0 saturated carbocycles. The summed E-state index contributed by atoms with van der Waals surface area (Å²) >= 11 is 0. The van der Waals surface area contributed by atoms with Gasteiger partial charge in [0.1, 0.15) is 12.1 Å². The summed E-state index contributed by atoms with van der Waals surface area (Å²) in [5.74, 6) is -0.314. The molecule has 1 heterocycles. The standard InChI is InChI=1S/C13H17FN2O/c1-10-8-16(6-5-15(10)2)13-4-3-11(9-17)7-12(13)14/h3-4,7,9-10H,5-6,8H2,1-2H3. The van der Waals surface area contributed by atoms with E-state index in [4.69, 9.17) is 0 Å². The van der Waals surface area contributed by atoms with Gasteiger partial charge in [0.15, 0.2) is 0 Å². The van der Waals surface area contributed by atoms with E-state index in [0.29, 0.717) is 23.6 Å². The van der Waals surface area contributed by atoms with Crippen LogP contribution in [0, 0.1) is 5.82 Å². The fourth-order valence-electron chi connectivity index (χ4n) is 2.12. The summed E-state index contributed by atoms with van der Waals surface area (Å²) in [6.45, 7) is 4.69. The highest BCUT2D eigenvalue weighted by molar-refractivity contribution is 5.76. The maximum absolute atomic E-state index is 13.8. The quantitative estimate of drug-likeness (QED) is 0.731. The van der Waals surface area contributed by atoms with Crippen molar-refractivity contribution in [3.63, 3.8) is 0 Å². The summed E-state index contributed by atoms with van der Waals surface area (Å²) in [5.41, 5.74) is 0.976. The Balaban J connectivity index is 2.20. The summed E-state index contributed by atoms with van der Waals surface area (Å²) in [6, 6.07) is 5.06. The average Bonchev–Trinajstić information content (AvgIpc) is 2.32. The van der Waals surface area contributed by atoms with E-state index in [1.54, 1.807) is 12.1 Å². The van der Waals surface area contributed by atoms with Crippen LogP contribution in [0.3, 0.4) is 0 Å². The zero-order chi connectivity index (χ0) is 12.4. The number of rotatable bonds is 2. The Hall–Kier alpha value is -1.42. The van der Waals surface area contributed by atoms with Crippen LogP contribution in [-0.4, -0.2) is 43.9 Å². The monoisotopic (exact) mass is 236 g/mol. The van der Waals surface area contributed by atoms with Crippen molar-refractivity contribution in [2.45, 2.75) is 13.0 Å². The number of likely N-dealkylation sites (N-methyl/N-ethyl adjacent to an activating group) is 1. The molecule has 4 heteroatoms. The van der Waals surface area contributed by atoms with Gasteiger partial charge < -0.3 is 9.80 Å². The van der Waals surface area contributed by atoms with Crippen molar-refractivity contribution in [2.24, 2.45) is 0 Å². The molecule has 1 aromatic carbocycles. The first kappa shape index (κ1) is 12.0. The lowest BCUT2D eigenvalue weighted by Gasteiger charge is -2.39. The van der Waals surface area contributed by atoms with Crippen LogP contribution in [0.15, 0.2) is 18.2 Å². The molecule has 1 aliphatic heterocycles. The highest BCUT2D eigenvalue weighted by atomic mass is 19.1. The molecule has 0 aliphatic carbocycles. The molecule has 1 unspecified atom stereocenters. The average molecular weight is 236 g/mol. The SMILES string of the molecule is CC1CN(c2ccc(C=O)cc2F)CCN1C. The third kappa shape index (κ3) is 2.47. The van der Waals surface area contributed by atoms with Crippen LogP contribution in [0.1, 0.15) is 17.3 Å². The Bertz CT molecular complexity index is 422. The van der Waals surface area contributed by atoms with Gasteiger partial charge in [0.25, 0.3) is 0 Å². The number of piperazine rings is 1. The summed E-state index contributed by atoms with van der Waals surface area (Å²) in [7, 11) is 2.08. The van der Waals surface area contributed by atoms with Crippen LogP contribution in [-0.2, 0) is 0 Å². The molecule has 0 bridgehead atoms. The van der Waals surface area contributed by atoms with Crippen molar-refractivity contribution in [2.75, 3.05) is 31.6 Å². The van der Waals surface area contributed by atoms with Gasteiger partial charge in [-0.15, -0.1) is 0 Å². The second-order valence-corrected chi connectivity index (χ2v) is 4.60. The number of carbonyl (C=O) groups is 1. The number of hydrogen-bond acceptors (Lipinski definition) is 3. The van der Waals surface area contributed by atoms with Crippen molar-refractivity contribution in [1.29, 1.82) is 0 Å². The van der Waals surface area contributed by atoms with Gasteiger partial charge in [0, 0.05) is 31.2 Å². The minimum absolute atomic E-state index is 0.314. The molecule has 2 rings (SSSR count). The first-order chi connectivity index (χ1) is 8.11. The third-order valence-corrected chi connectivity index (χ3v) is 3.41. The molecule has 0 radical (unpaired) electrons. The minimum Gasteiger partial charge on any atom is -0.366 e. The van der Waals surface area contributed by atoms with E-state index < -0.39 is 0 Å². The lowest BCUT2D eigenvalue weighted by Crippen LogP contribution is -2.50. The van der Waals surface area contributed by atoms with Crippen molar-refractivity contribution in [3.05, 3.63) is 29.6 Å². The van der Waals surface area contributed by atoms with Crippen LogP contribution in [0.5, 0.6) is 0 Å². The number of anilines is 1. The first-order valence-corrected chi connectivity index (χ1v) is 5.81. The second-order valence-electron chi connectivity index (χ2n) is 4.60. The Morgan fingerprint density at radius 2 is 2.18 bits per heavy atom. The maximum atomic E-state index is 13.8. The number of carbonyl (C=O) groups excluding carboxylic acids is 1. The largest absolute Gasteiger partial charge is 0.366 e. The van der Waals surface area contributed by atoms with Gasteiger partial charge in [-0.2, -0.15) is 0 Å². The van der Waals surface area contributed by atoms with Crippen molar-refractivity contribution >= 4 is 12.0 Å². The fraction of sp³-hybridized carbons (Fsp3) is 0.462. The molecule has 1 aliphatic rings. The molecule has 0 N–H and O–H groups in total. The fourth-order valence-corrected chi connectivity index (χ4v) is 2.12. The molecule has 1 saturated heterocycles. The van der Waals surface area contributed by atoms with E-state index in [-0.39, 0.29) is 5.82 Å². The molecule has 1 aromatic rings. The second kappa shape index (κ2) is 4.84. The van der Waals surface area contributed by atoms with E-state index in [1.807, 2.05) is 4.90 Å². The maximum Gasteiger partial charge on any atom is 0.150 e. The zero-order valence-corrected chi connectivity index (χ0v) is 10.2. The number of halogens is 1. The lowest BCUT2D eigenvalue weighted by molar-refractivity contribution is 0.112. The Morgan fingerprint density at radius 1 is 1.41 bits per heavy atom. The van der Waals surface area contributed by atoms with Crippen molar-refractivity contribution in [3.8, 4) is 0 Å². The third-order valence-electron chi connectivity index (χ3n) is 3.41. The summed E-state index contributed by atoms with van der Waals surface area (Å²) in [6.07, 6.45) is 0.666. The molecule has 0 amide bonds. The summed E-state index contributed by atoms with van der Waals surface area (Å²) in [4.78, 5) is 14.8. The summed E-state index contributed by atoms with van der Waals surface area (Å²) in [5, 5.41) is 0. The van der Waals surface area contributed by atoms with Gasteiger partial charge in [-0.25, -0.2) is 4.39 Å². The molecule has 92 valence electrons. The normalized spacial score (nSPS) is 21.6. The van der Waals surface area contributed by atoms with Gasteiger partial charge >= 0.3 is 0 Å². The topological polar surface area (TPSA) is 23.6 Å². The first-order valence-electron chi connectivity index (χ1n) is 5.81. The van der Waals surface area contributed by atoms with Gasteiger partial charge in [-0.3, -0.25) is 4.79 Å². The Kier molecular flexibility index (Phi) is 3.43. The van der Waals surface area contributed by atoms with Crippen molar-refractivity contribution < 1.29 is 9.18 Å². The number of aldehydes is 1. The summed E-state index contributed by atoms with van der Waals surface area (Å²) < 4.78 is 13.8. The van der Waals surface area contributed by atoms with E-state index >= 15 is 0 Å². The van der Waals surface area contributed by atoms with Crippen LogP contribution in [0.25, 0.3) is 0 Å². The minimum atomic E-state index is -0.314. The van der Waals surface area contributed by atoms with E-state index in [2.05, 4.69) is 18.9 Å². The lowest BCUT2D eigenvalue weighted by atomic mass is 10.1. The molecule has 0 aromatic heterocycles. The molecular weight excluding hydrogens is 219 g/mol. The Morgan fingerprint density at radius 3 is 2.76 bits per heavy atom. The van der Waals surface area contributed by atoms with E-state index in [9.17, 15) is 9.18 Å². The van der Waals surface area contributed by atoms with Crippen LogP contribution in [0.4, 0.5) is 10.1 Å². The van der Waals surface area contributed by atoms with Gasteiger partial charge in [0.05, 0.1) is 5.69 Å². The van der Waals surface area contributed by atoms with Crippen LogP contribution in [0.2, 0.25) is 0 Å². The van der Waals surface area contributed by atoms with Gasteiger partial charge in [-0.05, 0) is 32.2 Å². The number of hydrogen-bond donors (Lipinski definition) is 0. The van der Waals surface area contributed by atoms with E-state index in [1.165, 1.54) is 6.07 Å². The molecule has 17 heavy (non-hydrogen) atoms.